The van der Waals surface area contributed by atoms with Crippen molar-refractivity contribution >= 4 is 21.6 Å². The van der Waals surface area contributed by atoms with Crippen LogP contribution in [0.2, 0.25) is 0 Å². The Balaban J connectivity index is 2.56. The summed E-state index contributed by atoms with van der Waals surface area (Å²) < 4.78 is 21.4. The molecule has 0 aliphatic carbocycles. The van der Waals surface area contributed by atoms with Crippen molar-refractivity contribution < 1.29 is 8.42 Å². The molecule has 1 fully saturated rings. The highest BCUT2D eigenvalue weighted by molar-refractivity contribution is 8.01. The van der Waals surface area contributed by atoms with Gasteiger partial charge in [-0.05, 0) is 25.0 Å². The lowest BCUT2D eigenvalue weighted by molar-refractivity contribution is 0.588. The Bertz CT molecular complexity index is 310. The lowest BCUT2D eigenvalue weighted by Gasteiger charge is -2.17. The molecule has 0 aromatic rings. The molecule has 1 aliphatic rings. The van der Waals surface area contributed by atoms with Crippen LogP contribution < -0.4 is 0 Å². The van der Waals surface area contributed by atoms with E-state index in [1.165, 1.54) is 6.26 Å². The van der Waals surface area contributed by atoms with E-state index >= 15 is 0 Å². The molecule has 0 N–H and O–H groups in total. The summed E-state index contributed by atoms with van der Waals surface area (Å²) in [5.74, 6) is 1.12. The fraction of sp³-hybridized carbons (Fsp3) is 0.875. The average molecular weight is 219 g/mol. The molecule has 13 heavy (non-hydrogen) atoms. The molecule has 1 saturated heterocycles. The molecule has 0 spiro atoms. The average Bonchev–Trinajstić information content (AvgIpc) is 2.49. The van der Waals surface area contributed by atoms with Gasteiger partial charge in [0.05, 0.1) is 11.8 Å². The van der Waals surface area contributed by atoms with E-state index in [4.69, 9.17) is 5.26 Å². The van der Waals surface area contributed by atoms with Gasteiger partial charge in [0.25, 0.3) is 0 Å². The van der Waals surface area contributed by atoms with Crippen LogP contribution >= 0.6 is 11.8 Å². The van der Waals surface area contributed by atoms with Crippen molar-refractivity contribution in [2.75, 3.05) is 17.8 Å². The number of thioether (sulfide) groups is 1. The Labute approximate surface area is 83.4 Å². The van der Waals surface area contributed by atoms with Gasteiger partial charge in [-0.25, -0.2) is 8.42 Å². The van der Waals surface area contributed by atoms with Crippen LogP contribution in [0.3, 0.4) is 0 Å². The van der Waals surface area contributed by atoms with Crippen LogP contribution in [0.4, 0.5) is 0 Å². The lowest BCUT2D eigenvalue weighted by Crippen LogP contribution is -2.22. The number of sulfone groups is 1. The van der Waals surface area contributed by atoms with E-state index in [2.05, 4.69) is 6.07 Å². The number of nitriles is 1. The largest absolute Gasteiger partial charge is 0.229 e. The maximum atomic E-state index is 10.9. The molecule has 0 saturated carbocycles. The van der Waals surface area contributed by atoms with Crippen LogP contribution in [0, 0.1) is 11.3 Å². The summed E-state index contributed by atoms with van der Waals surface area (Å²) >= 11 is 1.60. The highest BCUT2D eigenvalue weighted by Crippen LogP contribution is 2.40. The van der Waals surface area contributed by atoms with Gasteiger partial charge in [0.1, 0.15) is 14.6 Å². The topological polar surface area (TPSA) is 57.9 Å². The molecule has 0 bridgehead atoms. The van der Waals surface area contributed by atoms with Crippen molar-refractivity contribution in [2.45, 2.75) is 24.0 Å². The SMILES string of the molecule is CS(=O)(=O)CCC1(C#N)CCCS1. The van der Waals surface area contributed by atoms with Gasteiger partial charge in [-0.3, -0.25) is 0 Å². The van der Waals surface area contributed by atoms with Crippen LogP contribution in [0.15, 0.2) is 0 Å². The van der Waals surface area contributed by atoms with E-state index in [1.807, 2.05) is 0 Å². The zero-order valence-electron chi connectivity index (χ0n) is 7.62. The maximum Gasteiger partial charge on any atom is 0.147 e. The molecule has 74 valence electrons. The summed E-state index contributed by atoms with van der Waals surface area (Å²) in [5, 5.41) is 8.95. The highest BCUT2D eigenvalue weighted by Gasteiger charge is 2.35. The zero-order valence-corrected chi connectivity index (χ0v) is 9.25. The predicted molar refractivity (Wildman–Crippen MR) is 54.4 cm³/mol. The second-order valence-corrected chi connectivity index (χ2v) is 7.18. The molecule has 1 heterocycles. The van der Waals surface area contributed by atoms with Crippen molar-refractivity contribution in [3.8, 4) is 6.07 Å². The van der Waals surface area contributed by atoms with E-state index in [0.717, 1.165) is 18.6 Å². The molecular weight excluding hydrogens is 206 g/mol. The molecule has 1 unspecified atom stereocenters. The molecule has 1 rings (SSSR count). The molecule has 3 nitrogen and oxygen atoms in total. The smallest absolute Gasteiger partial charge is 0.147 e. The van der Waals surface area contributed by atoms with Gasteiger partial charge in [-0.15, -0.1) is 11.8 Å². The van der Waals surface area contributed by atoms with E-state index < -0.39 is 14.6 Å². The van der Waals surface area contributed by atoms with Crippen LogP contribution in [-0.4, -0.2) is 30.9 Å². The summed E-state index contributed by atoms with van der Waals surface area (Å²) in [6.45, 7) is 0. The van der Waals surface area contributed by atoms with Crippen LogP contribution in [0.1, 0.15) is 19.3 Å². The molecule has 1 aliphatic heterocycles. The van der Waals surface area contributed by atoms with Gasteiger partial charge >= 0.3 is 0 Å². The molecule has 0 amide bonds. The Morgan fingerprint density at radius 3 is 2.69 bits per heavy atom. The second kappa shape index (κ2) is 3.89. The first kappa shape index (κ1) is 10.9. The molecular formula is C8H13NO2S2. The van der Waals surface area contributed by atoms with Crippen molar-refractivity contribution in [2.24, 2.45) is 0 Å². The second-order valence-electron chi connectivity index (χ2n) is 3.44. The minimum atomic E-state index is -2.92. The standard InChI is InChI=1S/C8H13NO2S2/c1-13(10,11)6-4-8(7-9)3-2-5-12-8/h2-6H2,1H3. The fourth-order valence-electron chi connectivity index (χ4n) is 1.39. The summed E-state index contributed by atoms with van der Waals surface area (Å²) in [5.41, 5.74) is 0. The first-order valence-corrected chi connectivity index (χ1v) is 7.25. The third-order valence-electron chi connectivity index (χ3n) is 2.18. The predicted octanol–water partition coefficient (Wildman–Crippen LogP) is 1.21. The summed E-state index contributed by atoms with van der Waals surface area (Å²) in [4.78, 5) is 0. The van der Waals surface area contributed by atoms with E-state index in [-0.39, 0.29) is 5.75 Å². The number of rotatable bonds is 3. The summed E-state index contributed by atoms with van der Waals surface area (Å²) in [6.07, 6.45) is 3.57. The van der Waals surface area contributed by atoms with Crippen LogP contribution in [-0.2, 0) is 9.84 Å². The summed E-state index contributed by atoms with van der Waals surface area (Å²) in [6, 6.07) is 2.25. The van der Waals surface area contributed by atoms with Gasteiger partial charge in [0.2, 0.25) is 0 Å². The first-order chi connectivity index (χ1) is 5.97. The normalized spacial score (nSPS) is 28.6. The van der Waals surface area contributed by atoms with Crippen molar-refractivity contribution in [3.05, 3.63) is 0 Å². The monoisotopic (exact) mass is 219 g/mol. The highest BCUT2D eigenvalue weighted by atomic mass is 32.2. The number of hydrogen-bond donors (Lipinski definition) is 0. The van der Waals surface area contributed by atoms with Gasteiger partial charge in [-0.1, -0.05) is 0 Å². The zero-order chi connectivity index (χ0) is 9.95. The lowest BCUT2D eigenvalue weighted by atomic mass is 10.0. The fourth-order valence-corrected chi connectivity index (χ4v) is 3.52. The first-order valence-electron chi connectivity index (χ1n) is 4.20. The Hall–Kier alpha value is -0.210. The van der Waals surface area contributed by atoms with Crippen LogP contribution in [0.25, 0.3) is 0 Å². The Morgan fingerprint density at radius 2 is 2.31 bits per heavy atom. The number of hydrogen-bond acceptors (Lipinski definition) is 4. The molecule has 0 aromatic carbocycles. The quantitative estimate of drug-likeness (QED) is 0.716. The third kappa shape index (κ3) is 3.20. The molecule has 0 radical (unpaired) electrons. The van der Waals surface area contributed by atoms with Crippen molar-refractivity contribution in [1.29, 1.82) is 5.26 Å². The molecule has 5 heteroatoms. The Kier molecular flexibility index (Phi) is 3.25. The minimum absolute atomic E-state index is 0.132. The minimum Gasteiger partial charge on any atom is -0.229 e. The van der Waals surface area contributed by atoms with E-state index in [1.54, 1.807) is 11.8 Å². The van der Waals surface area contributed by atoms with Gasteiger partial charge in [0.15, 0.2) is 0 Å². The van der Waals surface area contributed by atoms with Gasteiger partial charge in [0, 0.05) is 6.26 Å². The van der Waals surface area contributed by atoms with Crippen molar-refractivity contribution in [1.82, 2.24) is 0 Å². The van der Waals surface area contributed by atoms with Gasteiger partial charge in [-0.2, -0.15) is 5.26 Å². The van der Waals surface area contributed by atoms with Crippen molar-refractivity contribution in [3.63, 3.8) is 0 Å². The Morgan fingerprint density at radius 1 is 1.62 bits per heavy atom. The van der Waals surface area contributed by atoms with E-state index in [9.17, 15) is 8.42 Å². The maximum absolute atomic E-state index is 10.9. The number of nitrogens with zero attached hydrogens (tertiary/aromatic N) is 1. The van der Waals surface area contributed by atoms with Gasteiger partial charge < -0.3 is 0 Å². The van der Waals surface area contributed by atoms with Crippen LogP contribution in [0.5, 0.6) is 0 Å². The van der Waals surface area contributed by atoms with E-state index in [0.29, 0.717) is 6.42 Å². The third-order valence-corrected chi connectivity index (χ3v) is 4.67. The summed E-state index contributed by atoms with van der Waals surface area (Å²) in [7, 11) is -2.92. The molecule has 1 atom stereocenters. The molecule has 0 aromatic heterocycles.